The number of amides is 2. The maximum Gasteiger partial charge on any atom is 0.249 e. The van der Waals surface area contributed by atoms with E-state index >= 15 is 0 Å². The van der Waals surface area contributed by atoms with Crippen molar-refractivity contribution in [2.75, 3.05) is 26.8 Å². The van der Waals surface area contributed by atoms with Gasteiger partial charge in [0.05, 0.1) is 12.5 Å². The number of hydrogen-bond acceptors (Lipinski definition) is 4. The van der Waals surface area contributed by atoms with E-state index in [1.54, 1.807) is 26.2 Å². The number of nitrogens with one attached hydrogen (secondary N) is 2. The van der Waals surface area contributed by atoms with E-state index in [4.69, 9.17) is 16.3 Å². The van der Waals surface area contributed by atoms with Gasteiger partial charge in [0.2, 0.25) is 11.8 Å². The molecule has 7 heteroatoms. The lowest BCUT2D eigenvalue weighted by Crippen LogP contribution is -2.43. The van der Waals surface area contributed by atoms with Crippen molar-refractivity contribution in [3.8, 4) is 0 Å². The molecule has 2 atom stereocenters. The first kappa shape index (κ1) is 25.4. The molecule has 3 rings (SSSR count). The molecule has 1 aliphatic heterocycles. The number of benzene rings is 2. The standard InChI is InChI=1S/C27H30ClN3O3/c1-18-23(26(32)29-14-8-11-20-9-5-4-6-10-20)25(21-12-7-13-22(28)17-21)24(19(2)31-18)27(33)30-15-16-34-3/h4-13,17,24-25H,14-16H2,1-3H3,(H,29,32)(H,30,33). The largest absolute Gasteiger partial charge is 0.383 e. The summed E-state index contributed by atoms with van der Waals surface area (Å²) in [6.45, 7) is 4.73. The molecule has 0 aromatic heterocycles. The van der Waals surface area contributed by atoms with Gasteiger partial charge in [-0.05, 0) is 37.1 Å². The van der Waals surface area contributed by atoms with Gasteiger partial charge in [-0.1, -0.05) is 66.2 Å². The second kappa shape index (κ2) is 12.3. The van der Waals surface area contributed by atoms with Crippen LogP contribution in [0.25, 0.3) is 6.08 Å². The number of methoxy groups -OCH3 is 1. The highest BCUT2D eigenvalue weighted by Gasteiger charge is 2.40. The Morgan fingerprint density at radius 2 is 1.85 bits per heavy atom. The Morgan fingerprint density at radius 1 is 1.09 bits per heavy atom. The van der Waals surface area contributed by atoms with Crippen LogP contribution in [0.2, 0.25) is 5.02 Å². The molecule has 2 unspecified atom stereocenters. The van der Waals surface area contributed by atoms with Crippen LogP contribution in [0.1, 0.15) is 30.9 Å². The maximum atomic E-state index is 13.4. The van der Waals surface area contributed by atoms with Crippen molar-refractivity contribution in [1.82, 2.24) is 10.6 Å². The average Bonchev–Trinajstić information content (AvgIpc) is 2.82. The fraction of sp³-hybridized carbons (Fsp3) is 0.296. The number of carbonyl (C=O) groups excluding carboxylic acids is 2. The van der Waals surface area contributed by atoms with Gasteiger partial charge in [0.25, 0.3) is 0 Å². The molecule has 1 aliphatic rings. The monoisotopic (exact) mass is 479 g/mol. The summed E-state index contributed by atoms with van der Waals surface area (Å²) in [4.78, 5) is 31.1. The van der Waals surface area contributed by atoms with E-state index in [2.05, 4.69) is 15.6 Å². The van der Waals surface area contributed by atoms with E-state index in [9.17, 15) is 9.59 Å². The van der Waals surface area contributed by atoms with Crippen LogP contribution in [0.3, 0.4) is 0 Å². The van der Waals surface area contributed by atoms with Gasteiger partial charge in [-0.3, -0.25) is 14.6 Å². The van der Waals surface area contributed by atoms with Gasteiger partial charge < -0.3 is 15.4 Å². The fourth-order valence-corrected chi connectivity index (χ4v) is 4.32. The van der Waals surface area contributed by atoms with Crippen LogP contribution in [0.4, 0.5) is 0 Å². The first-order chi connectivity index (χ1) is 16.4. The number of halogens is 1. The molecular formula is C27H30ClN3O3. The van der Waals surface area contributed by atoms with Crippen LogP contribution in [-0.2, 0) is 14.3 Å². The first-order valence-corrected chi connectivity index (χ1v) is 11.6. The van der Waals surface area contributed by atoms with Crippen LogP contribution in [0.15, 0.2) is 76.9 Å². The predicted molar refractivity (Wildman–Crippen MR) is 137 cm³/mol. The maximum absolute atomic E-state index is 13.4. The van der Waals surface area contributed by atoms with Gasteiger partial charge in [-0.2, -0.15) is 0 Å². The minimum absolute atomic E-state index is 0.204. The summed E-state index contributed by atoms with van der Waals surface area (Å²) in [6.07, 6.45) is 3.84. The lowest BCUT2D eigenvalue weighted by molar-refractivity contribution is -0.123. The Balaban J connectivity index is 1.88. The molecule has 0 spiro atoms. The van der Waals surface area contributed by atoms with Crippen molar-refractivity contribution in [3.63, 3.8) is 0 Å². The molecule has 34 heavy (non-hydrogen) atoms. The van der Waals surface area contributed by atoms with E-state index in [1.807, 2.05) is 61.5 Å². The van der Waals surface area contributed by atoms with Crippen LogP contribution in [0, 0.1) is 5.92 Å². The van der Waals surface area contributed by atoms with Gasteiger partial charge in [0, 0.05) is 48.1 Å². The van der Waals surface area contributed by atoms with Crippen LogP contribution in [-0.4, -0.2) is 44.3 Å². The summed E-state index contributed by atoms with van der Waals surface area (Å²) in [7, 11) is 1.58. The number of hydrogen-bond donors (Lipinski definition) is 2. The molecule has 2 N–H and O–H groups in total. The molecule has 0 bridgehead atoms. The third-order valence-corrected chi connectivity index (χ3v) is 5.89. The summed E-state index contributed by atoms with van der Waals surface area (Å²) in [5.41, 5.74) is 3.55. The summed E-state index contributed by atoms with van der Waals surface area (Å²) >= 11 is 6.28. The molecular weight excluding hydrogens is 450 g/mol. The Kier molecular flexibility index (Phi) is 9.19. The first-order valence-electron chi connectivity index (χ1n) is 11.2. The smallest absolute Gasteiger partial charge is 0.249 e. The fourth-order valence-electron chi connectivity index (χ4n) is 4.13. The summed E-state index contributed by atoms with van der Waals surface area (Å²) in [5, 5.41) is 6.40. The molecule has 2 aromatic rings. The molecule has 6 nitrogen and oxygen atoms in total. The predicted octanol–water partition coefficient (Wildman–Crippen LogP) is 4.38. The Labute approximate surface area is 205 Å². The Hall–Kier alpha value is -3.22. The third kappa shape index (κ3) is 6.43. The number of aliphatic imine (C=N–C) groups is 1. The average molecular weight is 480 g/mol. The summed E-state index contributed by atoms with van der Waals surface area (Å²) in [6, 6.07) is 17.1. The highest BCUT2D eigenvalue weighted by molar-refractivity contribution is 6.30. The van der Waals surface area contributed by atoms with E-state index in [0.29, 0.717) is 41.7 Å². The van der Waals surface area contributed by atoms with E-state index in [1.165, 1.54) is 0 Å². The Morgan fingerprint density at radius 3 is 2.56 bits per heavy atom. The lowest BCUT2D eigenvalue weighted by Gasteiger charge is -2.32. The van der Waals surface area contributed by atoms with Gasteiger partial charge in [-0.25, -0.2) is 0 Å². The number of allylic oxidation sites excluding steroid dienone is 1. The third-order valence-electron chi connectivity index (χ3n) is 5.66. The van der Waals surface area contributed by atoms with Crippen molar-refractivity contribution < 1.29 is 14.3 Å². The van der Waals surface area contributed by atoms with Crippen molar-refractivity contribution in [2.24, 2.45) is 10.9 Å². The molecule has 0 saturated carbocycles. The highest BCUT2D eigenvalue weighted by Crippen LogP contribution is 2.39. The quantitative estimate of drug-likeness (QED) is 0.524. The normalized spacial score (nSPS) is 18.1. The minimum Gasteiger partial charge on any atom is -0.383 e. The molecule has 2 aromatic carbocycles. The van der Waals surface area contributed by atoms with Crippen molar-refractivity contribution in [2.45, 2.75) is 19.8 Å². The van der Waals surface area contributed by atoms with Gasteiger partial charge >= 0.3 is 0 Å². The zero-order valence-corrected chi connectivity index (χ0v) is 20.4. The Bertz CT molecular complexity index is 1110. The second-order valence-electron chi connectivity index (χ2n) is 8.07. The van der Waals surface area contributed by atoms with Crippen molar-refractivity contribution in [1.29, 1.82) is 0 Å². The molecule has 1 heterocycles. The summed E-state index contributed by atoms with van der Waals surface area (Å²) in [5.74, 6) is -1.62. The number of nitrogens with zero attached hydrogens (tertiary/aromatic N) is 1. The van der Waals surface area contributed by atoms with E-state index < -0.39 is 11.8 Å². The van der Waals surface area contributed by atoms with E-state index in [0.717, 1.165) is 11.1 Å². The zero-order chi connectivity index (χ0) is 24.5. The van der Waals surface area contributed by atoms with Crippen LogP contribution >= 0.6 is 11.6 Å². The molecule has 0 radical (unpaired) electrons. The van der Waals surface area contributed by atoms with E-state index in [-0.39, 0.29) is 11.8 Å². The SMILES string of the molecule is COCCNC(=O)C1C(C)=NC(C)=C(C(=O)NCC=Cc2ccccc2)C1c1cccc(Cl)c1. The summed E-state index contributed by atoms with van der Waals surface area (Å²) < 4.78 is 5.05. The van der Waals surface area contributed by atoms with Crippen LogP contribution < -0.4 is 10.6 Å². The minimum atomic E-state index is -0.639. The molecule has 0 aliphatic carbocycles. The number of ether oxygens (including phenoxy) is 1. The van der Waals surface area contributed by atoms with Crippen molar-refractivity contribution in [3.05, 3.63) is 88.1 Å². The van der Waals surface area contributed by atoms with Gasteiger partial charge in [0.1, 0.15) is 0 Å². The number of rotatable bonds is 9. The molecule has 0 fully saturated rings. The molecule has 2 amide bonds. The topological polar surface area (TPSA) is 79.8 Å². The van der Waals surface area contributed by atoms with Gasteiger partial charge in [-0.15, -0.1) is 0 Å². The molecule has 0 saturated heterocycles. The highest BCUT2D eigenvalue weighted by atomic mass is 35.5. The van der Waals surface area contributed by atoms with Crippen LogP contribution in [0.5, 0.6) is 0 Å². The number of carbonyl (C=O) groups is 2. The second-order valence-corrected chi connectivity index (χ2v) is 8.51. The molecule has 178 valence electrons. The lowest BCUT2D eigenvalue weighted by atomic mass is 9.75. The zero-order valence-electron chi connectivity index (χ0n) is 19.7. The van der Waals surface area contributed by atoms with Gasteiger partial charge in [0.15, 0.2) is 0 Å². The van der Waals surface area contributed by atoms with Crippen molar-refractivity contribution >= 4 is 35.2 Å².